The van der Waals surface area contributed by atoms with Gasteiger partial charge in [-0.2, -0.15) is 0 Å². The number of halogens is 1. The third-order valence-electron chi connectivity index (χ3n) is 0.484. The molecule has 0 aromatic rings. The van der Waals surface area contributed by atoms with E-state index >= 15 is 0 Å². The molecule has 1 fully saturated rings. The van der Waals surface area contributed by atoms with E-state index in [2.05, 4.69) is 0 Å². The Morgan fingerprint density at radius 3 is 2.67 bits per heavy atom. The molecule has 0 amide bonds. The largest absolute Gasteiger partial charge is 0.0879 e. The van der Waals surface area contributed by atoms with Crippen molar-refractivity contribution in [1.29, 1.82) is 0 Å². The standard InChI is InChI=1S/C2H4ClPS2/c3-4-1-2-5-6-4/h1-2H2. The lowest BCUT2D eigenvalue weighted by Gasteiger charge is -1.86. The summed E-state index contributed by atoms with van der Waals surface area (Å²) in [6.07, 6.45) is 1.24. The Morgan fingerprint density at radius 1 is 1.67 bits per heavy atom. The first kappa shape index (κ1) is 5.55. The minimum Gasteiger partial charge on any atom is -0.0879 e. The second-order valence-corrected chi connectivity index (χ2v) is 8.46. The van der Waals surface area contributed by atoms with Gasteiger partial charge in [0, 0.05) is 11.9 Å². The summed E-state index contributed by atoms with van der Waals surface area (Å²) in [5, 5.41) is 0. The van der Waals surface area contributed by atoms with Crippen LogP contribution < -0.4 is 0 Å². The average molecular weight is 159 g/mol. The summed E-state index contributed by atoms with van der Waals surface area (Å²) >= 11 is 5.72. The Labute approximate surface area is 51.1 Å². The molecule has 0 bridgehead atoms. The van der Waals surface area contributed by atoms with Gasteiger partial charge in [0.25, 0.3) is 0 Å². The van der Waals surface area contributed by atoms with E-state index in [1.165, 1.54) is 11.9 Å². The molecule has 1 atom stereocenters. The summed E-state index contributed by atoms with van der Waals surface area (Å²) in [5.41, 5.74) is 0. The van der Waals surface area contributed by atoms with E-state index in [0.717, 1.165) is 0 Å². The van der Waals surface area contributed by atoms with Crippen molar-refractivity contribution in [3.63, 3.8) is 0 Å². The molecule has 0 nitrogen and oxygen atoms in total. The van der Waals surface area contributed by atoms with Gasteiger partial charge in [-0.1, -0.05) is 22.0 Å². The highest BCUT2D eigenvalue weighted by molar-refractivity contribution is 9.02. The Kier molecular flexibility index (Phi) is 2.46. The molecule has 1 unspecified atom stereocenters. The molecule has 0 aromatic carbocycles. The van der Waals surface area contributed by atoms with Gasteiger partial charge in [0.05, 0.1) is 6.48 Å². The number of hydrogen-bond donors (Lipinski definition) is 0. The second kappa shape index (κ2) is 2.66. The molecule has 1 rings (SSSR count). The quantitative estimate of drug-likeness (QED) is 0.393. The molecule has 36 valence electrons. The van der Waals surface area contributed by atoms with Crippen molar-refractivity contribution >= 4 is 38.9 Å². The van der Waals surface area contributed by atoms with Crippen molar-refractivity contribution < 1.29 is 0 Å². The highest BCUT2D eigenvalue weighted by atomic mass is 35.7. The van der Waals surface area contributed by atoms with Gasteiger partial charge >= 0.3 is 0 Å². The third kappa shape index (κ3) is 1.49. The molecule has 1 saturated heterocycles. The van der Waals surface area contributed by atoms with Crippen molar-refractivity contribution in [1.82, 2.24) is 0 Å². The fourth-order valence-electron chi connectivity index (χ4n) is 0.241. The van der Waals surface area contributed by atoms with E-state index < -0.39 is 0 Å². The lowest BCUT2D eigenvalue weighted by molar-refractivity contribution is 1.57. The molecule has 4 heteroatoms. The first-order valence-corrected chi connectivity index (χ1v) is 6.98. The van der Waals surface area contributed by atoms with E-state index in [9.17, 15) is 0 Å². The SMILES string of the molecule is ClP1CCSS1. The van der Waals surface area contributed by atoms with E-state index in [-0.39, 0.29) is 6.48 Å². The molecule has 0 aliphatic carbocycles. The van der Waals surface area contributed by atoms with Crippen LogP contribution in [0.25, 0.3) is 0 Å². The predicted molar refractivity (Wildman–Crippen MR) is 37.7 cm³/mol. The van der Waals surface area contributed by atoms with Gasteiger partial charge in [-0.3, -0.25) is 0 Å². The zero-order chi connectivity index (χ0) is 4.41. The van der Waals surface area contributed by atoms with Gasteiger partial charge < -0.3 is 0 Å². The van der Waals surface area contributed by atoms with E-state index in [4.69, 9.17) is 11.2 Å². The Hall–Kier alpha value is 1.42. The molecule has 0 N–H and O–H groups in total. The molecule has 1 aliphatic rings. The summed E-state index contributed by atoms with van der Waals surface area (Å²) in [7, 11) is 3.74. The molecule has 0 radical (unpaired) electrons. The van der Waals surface area contributed by atoms with Crippen LogP contribution in [0.2, 0.25) is 0 Å². The van der Waals surface area contributed by atoms with Gasteiger partial charge in [-0.05, 0) is 10.4 Å². The van der Waals surface area contributed by atoms with Crippen molar-refractivity contribution in [2.75, 3.05) is 11.9 Å². The highest BCUT2D eigenvalue weighted by Gasteiger charge is 2.11. The third-order valence-corrected chi connectivity index (χ3v) is 8.28. The Bertz CT molecular complexity index is 44.8. The summed E-state index contributed by atoms with van der Waals surface area (Å²) in [4.78, 5) is 0. The minimum atomic E-state index is -0.113. The summed E-state index contributed by atoms with van der Waals surface area (Å²) in [5.74, 6) is 1.26. The summed E-state index contributed by atoms with van der Waals surface area (Å²) in [6.45, 7) is -0.113. The summed E-state index contributed by atoms with van der Waals surface area (Å²) < 4.78 is 0. The monoisotopic (exact) mass is 158 g/mol. The number of rotatable bonds is 0. The average Bonchev–Trinajstić information content (AvgIpc) is 1.86. The second-order valence-electron chi connectivity index (χ2n) is 0.938. The maximum Gasteiger partial charge on any atom is 0.0617 e. The first-order valence-electron chi connectivity index (χ1n) is 1.62. The van der Waals surface area contributed by atoms with Gasteiger partial charge in [-0.15, -0.1) is 0 Å². The van der Waals surface area contributed by atoms with Crippen LogP contribution in [0.15, 0.2) is 0 Å². The van der Waals surface area contributed by atoms with Crippen LogP contribution in [0.3, 0.4) is 0 Å². The minimum absolute atomic E-state index is 0.113. The van der Waals surface area contributed by atoms with Crippen molar-refractivity contribution in [2.45, 2.75) is 0 Å². The fourth-order valence-corrected chi connectivity index (χ4v) is 7.58. The molecule has 0 aromatic heterocycles. The van der Waals surface area contributed by atoms with Gasteiger partial charge in [0.1, 0.15) is 0 Å². The Morgan fingerprint density at radius 2 is 2.50 bits per heavy atom. The molecule has 1 heterocycles. The van der Waals surface area contributed by atoms with Crippen LogP contribution in [-0.4, -0.2) is 11.9 Å². The van der Waals surface area contributed by atoms with Gasteiger partial charge in [-0.25, -0.2) is 0 Å². The topological polar surface area (TPSA) is 0 Å². The van der Waals surface area contributed by atoms with Crippen molar-refractivity contribution in [2.24, 2.45) is 0 Å². The molecule has 0 spiro atoms. The van der Waals surface area contributed by atoms with Crippen LogP contribution in [0.5, 0.6) is 0 Å². The predicted octanol–water partition coefficient (Wildman–Crippen LogP) is 2.93. The lowest BCUT2D eigenvalue weighted by atomic mass is 11.0. The van der Waals surface area contributed by atoms with Crippen molar-refractivity contribution in [3.8, 4) is 0 Å². The van der Waals surface area contributed by atoms with Crippen LogP contribution in [0.4, 0.5) is 0 Å². The fraction of sp³-hybridized carbons (Fsp3) is 1.00. The van der Waals surface area contributed by atoms with Crippen LogP contribution >= 0.6 is 38.9 Å². The maximum absolute atomic E-state index is 5.72. The molecule has 6 heavy (non-hydrogen) atoms. The van der Waals surface area contributed by atoms with Gasteiger partial charge in [0.15, 0.2) is 0 Å². The zero-order valence-corrected chi connectivity index (χ0v) is 6.34. The van der Waals surface area contributed by atoms with E-state index in [1.807, 2.05) is 21.2 Å². The molecular weight excluding hydrogens is 155 g/mol. The Balaban J connectivity index is 2.18. The summed E-state index contributed by atoms with van der Waals surface area (Å²) in [6, 6.07) is 0. The molecule has 0 saturated carbocycles. The lowest BCUT2D eigenvalue weighted by Crippen LogP contribution is -1.66. The van der Waals surface area contributed by atoms with Crippen LogP contribution in [-0.2, 0) is 0 Å². The first-order chi connectivity index (χ1) is 2.89. The normalized spacial score (nSPS) is 34.5. The molecule has 1 aliphatic heterocycles. The zero-order valence-electron chi connectivity index (χ0n) is 3.06. The van der Waals surface area contributed by atoms with Gasteiger partial charge in [0.2, 0.25) is 0 Å². The maximum atomic E-state index is 5.72. The van der Waals surface area contributed by atoms with Crippen LogP contribution in [0, 0.1) is 0 Å². The van der Waals surface area contributed by atoms with Crippen LogP contribution in [0.1, 0.15) is 0 Å². The van der Waals surface area contributed by atoms with Crippen molar-refractivity contribution in [3.05, 3.63) is 0 Å². The molecular formula is C2H4ClPS2. The number of hydrogen-bond acceptors (Lipinski definition) is 2. The smallest absolute Gasteiger partial charge is 0.0617 e. The van der Waals surface area contributed by atoms with E-state index in [0.29, 0.717) is 0 Å². The van der Waals surface area contributed by atoms with E-state index in [1.54, 1.807) is 0 Å². The highest BCUT2D eigenvalue weighted by Crippen LogP contribution is 2.65.